The minimum absolute atomic E-state index is 0.343. The van der Waals surface area contributed by atoms with Gasteiger partial charge in [0, 0.05) is 5.41 Å². The van der Waals surface area contributed by atoms with Gasteiger partial charge in [0.25, 0.3) is 0 Å². The minimum Gasteiger partial charge on any atom is -0.245 e. The Hall–Kier alpha value is -0.160. The zero-order valence-corrected chi connectivity index (χ0v) is 9.82. The zero-order chi connectivity index (χ0) is 11.1. The molecule has 0 heterocycles. The fourth-order valence-corrected chi connectivity index (χ4v) is 3.63. The Bertz CT molecular complexity index is 229. The number of nitrogens with one attached hydrogen (secondary N) is 1. The molecule has 0 radical (unpaired) electrons. The van der Waals surface area contributed by atoms with Crippen LogP contribution in [0.3, 0.4) is 0 Å². The van der Waals surface area contributed by atoms with Gasteiger partial charge in [0.2, 0.25) is 0 Å². The van der Waals surface area contributed by atoms with Crippen molar-refractivity contribution in [1.29, 1.82) is 0 Å². The van der Waals surface area contributed by atoms with Crippen LogP contribution in [0.4, 0.5) is 0 Å². The van der Waals surface area contributed by atoms with Gasteiger partial charge in [-0.15, -0.1) is 10.6 Å². The number of rotatable bonds is 6. The van der Waals surface area contributed by atoms with Gasteiger partial charge < -0.3 is 0 Å². The van der Waals surface area contributed by atoms with Crippen molar-refractivity contribution < 1.29 is 9.88 Å². The van der Waals surface area contributed by atoms with E-state index in [1.807, 2.05) is 0 Å². The highest BCUT2D eigenvalue weighted by molar-refractivity contribution is 5.17. The van der Waals surface area contributed by atoms with Crippen molar-refractivity contribution in [3.05, 3.63) is 0 Å². The molecule has 2 aliphatic carbocycles. The lowest BCUT2D eigenvalue weighted by atomic mass is 9.61. The van der Waals surface area contributed by atoms with E-state index in [1.165, 1.54) is 12.8 Å². The number of nitrogens with two attached hydrogens (primary N) is 1. The van der Waals surface area contributed by atoms with Gasteiger partial charge in [0.1, 0.15) is 0 Å². The molecular weight excluding hydrogens is 192 g/mol. The molecule has 0 spiro atoms. The lowest BCUT2D eigenvalue weighted by Crippen LogP contribution is -2.44. The second kappa shape index (κ2) is 4.01. The van der Waals surface area contributed by atoms with Gasteiger partial charge in [0.05, 0.1) is 6.61 Å². The Morgan fingerprint density at radius 2 is 2.33 bits per heavy atom. The van der Waals surface area contributed by atoms with Gasteiger partial charge in [-0.25, -0.2) is 10.7 Å². The van der Waals surface area contributed by atoms with Gasteiger partial charge >= 0.3 is 0 Å². The zero-order valence-electron chi connectivity index (χ0n) is 9.82. The maximum Gasteiger partial charge on any atom is 0.0904 e. The summed E-state index contributed by atoms with van der Waals surface area (Å²) in [5.74, 6) is 8.39. The summed E-state index contributed by atoms with van der Waals surface area (Å²) >= 11 is 0. The molecule has 15 heavy (non-hydrogen) atoms. The van der Waals surface area contributed by atoms with Gasteiger partial charge in [-0.3, -0.25) is 0 Å². The lowest BCUT2D eigenvalue weighted by Gasteiger charge is -2.45. The van der Waals surface area contributed by atoms with Crippen LogP contribution in [0.5, 0.6) is 0 Å². The van der Waals surface area contributed by atoms with Crippen LogP contribution in [0.15, 0.2) is 0 Å². The normalized spacial score (nSPS) is 44.4. The lowest BCUT2D eigenvalue weighted by molar-refractivity contribution is -0.358. The monoisotopic (exact) mass is 214 g/mol. The fraction of sp³-hybridized carbons (Fsp3) is 1.00. The minimum atomic E-state index is 0.343. The van der Waals surface area contributed by atoms with Crippen LogP contribution in [0.1, 0.15) is 33.6 Å². The third-order valence-corrected chi connectivity index (χ3v) is 4.87. The Morgan fingerprint density at radius 3 is 2.73 bits per heavy atom. The molecule has 2 rings (SSSR count). The first-order valence-corrected chi connectivity index (χ1v) is 5.91. The highest BCUT2D eigenvalue weighted by Crippen LogP contribution is 2.73. The van der Waals surface area contributed by atoms with E-state index < -0.39 is 0 Å². The van der Waals surface area contributed by atoms with Gasteiger partial charge in [-0.2, -0.15) is 0 Å². The molecule has 4 nitrogen and oxygen atoms in total. The fourth-order valence-electron chi connectivity index (χ4n) is 3.63. The molecule has 0 aliphatic heterocycles. The second-order valence-electron chi connectivity index (χ2n) is 5.26. The van der Waals surface area contributed by atoms with Crippen molar-refractivity contribution in [2.75, 3.05) is 6.61 Å². The summed E-state index contributed by atoms with van der Waals surface area (Å²) in [4.78, 5) is 9.71. The Kier molecular flexibility index (Phi) is 3.03. The molecule has 0 aromatic carbocycles. The molecule has 0 aromatic rings. The topological polar surface area (TPSA) is 56.5 Å². The predicted molar refractivity (Wildman–Crippen MR) is 57.0 cm³/mol. The number of hydrogen-bond acceptors (Lipinski definition) is 4. The first-order valence-electron chi connectivity index (χ1n) is 5.91. The first-order chi connectivity index (χ1) is 7.17. The summed E-state index contributed by atoms with van der Waals surface area (Å²) in [6.07, 6.45) is 2.50. The van der Waals surface area contributed by atoms with E-state index in [-0.39, 0.29) is 0 Å². The molecule has 0 bridgehead atoms. The van der Waals surface area contributed by atoms with Crippen molar-refractivity contribution >= 4 is 0 Å². The summed E-state index contributed by atoms with van der Waals surface area (Å²) < 4.78 is 0. The molecule has 0 amide bonds. The second-order valence-corrected chi connectivity index (χ2v) is 5.26. The molecular formula is C11H22N2O2. The van der Waals surface area contributed by atoms with Crippen molar-refractivity contribution in [2.45, 2.75) is 33.6 Å². The Balaban J connectivity index is 1.93. The standard InChI is InChI=1S/C11H22N2O2/c1-4-7(2)11(6-14-15-13-12)5-9-8(3)10(9)11/h7-10,13H,4-6,12H2,1-3H3/t7-,8-,9?,10?,11?/m0/s1. The maximum absolute atomic E-state index is 5.12. The van der Waals surface area contributed by atoms with E-state index in [9.17, 15) is 0 Å². The van der Waals surface area contributed by atoms with Crippen molar-refractivity contribution in [3.8, 4) is 0 Å². The largest absolute Gasteiger partial charge is 0.245 e. The predicted octanol–water partition coefficient (Wildman–Crippen LogP) is 1.63. The van der Waals surface area contributed by atoms with Crippen molar-refractivity contribution in [3.63, 3.8) is 0 Å². The first kappa shape index (κ1) is 11.3. The summed E-state index contributed by atoms with van der Waals surface area (Å²) in [6.45, 7) is 7.58. The summed E-state index contributed by atoms with van der Waals surface area (Å²) in [7, 11) is 0. The molecule has 0 saturated heterocycles. The van der Waals surface area contributed by atoms with Crippen LogP contribution in [0.2, 0.25) is 0 Å². The molecule has 0 aromatic heterocycles. The third-order valence-electron chi connectivity index (χ3n) is 4.87. The van der Waals surface area contributed by atoms with Crippen LogP contribution >= 0.6 is 0 Å². The Morgan fingerprint density at radius 1 is 1.60 bits per heavy atom. The van der Waals surface area contributed by atoms with Gasteiger partial charge in [-0.1, -0.05) is 27.2 Å². The highest BCUT2D eigenvalue weighted by Gasteiger charge is 2.70. The maximum atomic E-state index is 5.12. The van der Waals surface area contributed by atoms with Crippen LogP contribution in [0.25, 0.3) is 0 Å². The molecule has 2 saturated carbocycles. The average molecular weight is 214 g/mol. The smallest absolute Gasteiger partial charge is 0.0904 e. The molecule has 2 aliphatic rings. The van der Waals surface area contributed by atoms with Crippen molar-refractivity contribution in [1.82, 2.24) is 5.59 Å². The summed E-state index contributed by atoms with van der Waals surface area (Å²) in [5.41, 5.74) is 2.41. The van der Waals surface area contributed by atoms with Gasteiger partial charge in [0.15, 0.2) is 0 Å². The molecule has 3 N–H and O–H groups in total. The van der Waals surface area contributed by atoms with Crippen LogP contribution in [-0.2, 0) is 9.88 Å². The molecule has 3 unspecified atom stereocenters. The molecule has 5 atom stereocenters. The number of hydrazine groups is 1. The van der Waals surface area contributed by atoms with Gasteiger partial charge in [-0.05, 0) is 30.1 Å². The van der Waals surface area contributed by atoms with E-state index in [0.717, 1.165) is 17.8 Å². The highest BCUT2D eigenvalue weighted by atomic mass is 17.3. The third kappa shape index (κ3) is 1.60. The number of hydrogen-bond donors (Lipinski definition) is 2. The Labute approximate surface area is 91.3 Å². The van der Waals surface area contributed by atoms with Crippen LogP contribution in [0, 0.1) is 29.1 Å². The summed E-state index contributed by atoms with van der Waals surface area (Å²) in [5, 5.41) is 0. The van der Waals surface area contributed by atoms with E-state index >= 15 is 0 Å². The molecule has 2 fully saturated rings. The molecule has 88 valence electrons. The SMILES string of the molecule is CC[C@H](C)C1(COONN)CC2C1[C@H]2C. The van der Waals surface area contributed by atoms with E-state index in [4.69, 9.17) is 10.7 Å². The average Bonchev–Trinajstić information content (AvgIpc) is 2.75. The van der Waals surface area contributed by atoms with E-state index in [2.05, 4.69) is 31.3 Å². The number of fused-ring (bicyclic) bond motifs is 1. The van der Waals surface area contributed by atoms with Crippen molar-refractivity contribution in [2.24, 2.45) is 34.9 Å². The van der Waals surface area contributed by atoms with E-state index in [1.54, 1.807) is 0 Å². The molecule has 4 heteroatoms. The van der Waals surface area contributed by atoms with E-state index in [0.29, 0.717) is 17.9 Å². The van der Waals surface area contributed by atoms with Crippen LogP contribution < -0.4 is 11.4 Å². The van der Waals surface area contributed by atoms with Crippen LogP contribution in [-0.4, -0.2) is 6.61 Å². The summed E-state index contributed by atoms with van der Waals surface area (Å²) in [6, 6.07) is 0. The quantitative estimate of drug-likeness (QED) is 0.305.